The molecule has 7 aromatic rings. The Hall–Kier alpha value is -6.76. The van der Waals surface area contributed by atoms with Crippen LogP contribution in [0.5, 0.6) is 0 Å². The number of anilines is 1. The third-order valence-electron chi connectivity index (χ3n) is 19.1. The van der Waals surface area contributed by atoms with Gasteiger partial charge in [-0.15, -0.1) is 23.5 Å². The number of aliphatic hydroxyl groups excluding tert-OH is 2. The number of nitrogens with one attached hydrogen (secondary N) is 1. The van der Waals surface area contributed by atoms with Crippen LogP contribution in [0.1, 0.15) is 159 Å². The summed E-state index contributed by atoms with van der Waals surface area (Å²) in [6.07, 6.45) is 11.6. The quantitative estimate of drug-likeness (QED) is 0.0128. The van der Waals surface area contributed by atoms with E-state index in [2.05, 4.69) is 10.5 Å². The predicted octanol–water partition coefficient (Wildman–Crippen LogP) is 13.9. The largest absolute Gasteiger partial charge is 0.396 e. The first kappa shape index (κ1) is 111. The zero-order valence-corrected chi connectivity index (χ0v) is 76.6. The van der Waals surface area contributed by atoms with Crippen LogP contribution in [-0.4, -0.2) is 126 Å². The number of nitrogens with two attached hydrogens (primary N) is 5. The normalized spacial score (nSPS) is 14.5. The van der Waals surface area contributed by atoms with Crippen LogP contribution in [0, 0.1) is 104 Å². The van der Waals surface area contributed by atoms with Gasteiger partial charge in [-0.25, -0.2) is 163 Å². The van der Waals surface area contributed by atoms with Crippen molar-refractivity contribution in [3.8, 4) is 0 Å². The Morgan fingerprint density at radius 2 is 0.654 bits per heavy atom. The van der Waals surface area contributed by atoms with Crippen LogP contribution in [0.4, 0.5) is 75.9 Å². The van der Waals surface area contributed by atoms with E-state index in [0.717, 1.165) is 64.2 Å². The molecular formula is C77H94F16N6O18S10. The lowest BCUT2D eigenvalue weighted by Crippen LogP contribution is -2.26. The fraction of sp³-hybridized carbons (Fsp3) is 0.455. The molecule has 50 heteroatoms. The summed E-state index contributed by atoms with van der Waals surface area (Å²) in [5.41, 5.74) is -2.31. The molecule has 2 saturated carbocycles. The van der Waals surface area contributed by atoms with Crippen molar-refractivity contribution in [2.45, 2.75) is 218 Å². The summed E-state index contributed by atoms with van der Waals surface area (Å²) in [5, 5.41) is 44.5. The van der Waals surface area contributed by atoms with Crippen molar-refractivity contribution in [1.82, 2.24) is 0 Å². The number of hydrogen-bond acceptors (Lipinski definition) is 21. The Bertz CT molecular complexity index is 6060. The van der Waals surface area contributed by atoms with Crippen LogP contribution >= 0.6 is 23.5 Å². The number of benzene rings is 7. The van der Waals surface area contributed by atoms with Crippen LogP contribution < -0.4 is 31.0 Å². The lowest BCUT2D eigenvalue weighted by molar-refractivity contribution is 0.319. The highest BCUT2D eigenvalue weighted by molar-refractivity contribution is 7.99. The zero-order valence-electron chi connectivity index (χ0n) is 68.5. The maximum atomic E-state index is 15.0. The van der Waals surface area contributed by atoms with Gasteiger partial charge in [0.1, 0.15) is 19.6 Å². The molecule has 2 aliphatic rings. The van der Waals surface area contributed by atoms with Crippen molar-refractivity contribution in [2.75, 3.05) is 47.3 Å². The molecule has 2 aliphatic carbocycles. The molecule has 2 fully saturated rings. The summed E-state index contributed by atoms with van der Waals surface area (Å²) < 4.78 is 418. The van der Waals surface area contributed by atoms with Crippen molar-refractivity contribution in [2.24, 2.45) is 37.0 Å². The third kappa shape index (κ3) is 29.4. The van der Waals surface area contributed by atoms with Gasteiger partial charge >= 0.3 is 0 Å². The van der Waals surface area contributed by atoms with Crippen molar-refractivity contribution < 1.29 is 148 Å². The number of halogens is 16. The van der Waals surface area contributed by atoms with Crippen molar-refractivity contribution in [3.05, 3.63) is 182 Å². The first-order valence-electron chi connectivity index (χ1n) is 38.4. The van der Waals surface area contributed by atoms with Crippen LogP contribution in [0.25, 0.3) is 0 Å². The molecular weight excluding hydrogens is 1920 g/mol. The molecule has 0 unspecified atom stereocenters. The average molecular weight is 2020 g/mol. The molecule has 0 aromatic heterocycles. The Morgan fingerprint density at radius 3 is 1.01 bits per heavy atom. The predicted molar refractivity (Wildman–Crippen MR) is 443 cm³/mol. The standard InChI is InChI=1S/C19H22F3NO4S2.C17H24F3NO5S2.C16H23F3N2O3S2.C16H16F3NO4S2.C9H9F4NO2S2/c1-19(2,3)11-13-14(20)18(29(23,26)27)16(22)15(21)17(13)28(24,25)10-9-12-7-5-4-6-8-12;18-13-12(10-11-6-4-2-1-3-5-7-11)16(27(23,24)9-8-22)14(19)15(20)17(13)28(21,25)26;17-11-12(18)16(26(20,23)24)14(13(19)15(11)25-9-8-22)21-10-6-4-2-1-3-5-7-10;1-2-11-12(17)16(26(20,23)24)14(19)13(18)15(11)25(21,22)9-8-10-6-4-3-5-7-10;1-2-3-17-8-4(10)6(12)9(18(14,15)16)7(13)5(8)11/h4-8H,9-11H2,1-3H3,(H2,23,26,27);11,22H,1-10H2,(H2,21,25,26);10,21-22H,1-9H2,(H2,20,23,24);3-7H,2,8-9H2,1H3,(H2,20,23,24);2-3H2,1H3,(H2,14,15,16). The molecule has 0 radical (unpaired) electrons. The third-order valence-corrected chi connectivity index (χ3v) is 31.5. The van der Waals surface area contributed by atoms with Crippen LogP contribution in [-0.2, 0) is 112 Å². The lowest BCUT2D eigenvalue weighted by atomic mass is 9.86. The number of aliphatic hydroxyl groups is 2. The van der Waals surface area contributed by atoms with Gasteiger partial charge in [0.15, 0.2) is 142 Å². The molecule has 0 saturated heterocycles. The molecule has 13 N–H and O–H groups in total. The van der Waals surface area contributed by atoms with Crippen molar-refractivity contribution in [3.63, 3.8) is 0 Å². The number of primary sulfonamides is 5. The fourth-order valence-electron chi connectivity index (χ4n) is 13.4. The minimum atomic E-state index is -4.97. The number of hydrogen-bond donors (Lipinski definition) is 8. The molecule has 0 heterocycles. The first-order chi connectivity index (χ1) is 58.6. The Balaban J connectivity index is 0.000000284. The average Bonchev–Trinajstić information content (AvgIpc) is 0.754. The first-order valence-corrected chi connectivity index (χ1v) is 53.1. The molecule has 24 nitrogen and oxygen atoms in total. The maximum Gasteiger partial charge on any atom is 0.244 e. The molecule has 0 aliphatic heterocycles. The molecule has 0 atom stereocenters. The van der Waals surface area contributed by atoms with Crippen LogP contribution in [0.3, 0.4) is 0 Å². The number of rotatable bonds is 28. The van der Waals surface area contributed by atoms with E-state index in [0.29, 0.717) is 66.8 Å². The van der Waals surface area contributed by atoms with Gasteiger partial charge in [0, 0.05) is 28.5 Å². The van der Waals surface area contributed by atoms with Gasteiger partial charge in [-0.1, -0.05) is 172 Å². The zero-order chi connectivity index (χ0) is 96.4. The summed E-state index contributed by atoms with van der Waals surface area (Å²) in [6.45, 7) is 6.59. The van der Waals surface area contributed by atoms with Crippen molar-refractivity contribution >= 4 is 109 Å². The molecule has 9 rings (SSSR count). The number of thioether (sulfide) groups is 2. The van der Waals surface area contributed by atoms with Gasteiger partial charge in [-0.3, -0.25) is 0 Å². The highest BCUT2D eigenvalue weighted by atomic mass is 32.2. The van der Waals surface area contributed by atoms with E-state index in [1.54, 1.807) is 88.4 Å². The second kappa shape index (κ2) is 46.6. The minimum absolute atomic E-state index is 0.00799. The second-order valence-electron chi connectivity index (χ2n) is 30.1. The van der Waals surface area contributed by atoms with E-state index in [-0.39, 0.29) is 62.2 Å². The van der Waals surface area contributed by atoms with E-state index in [1.165, 1.54) is 6.92 Å². The van der Waals surface area contributed by atoms with Crippen LogP contribution in [0.2, 0.25) is 0 Å². The molecule has 0 amide bonds. The Kier molecular flexibility index (Phi) is 40.6. The summed E-state index contributed by atoms with van der Waals surface area (Å²) >= 11 is 1.13. The van der Waals surface area contributed by atoms with Gasteiger partial charge in [0.25, 0.3) is 0 Å². The molecule has 712 valence electrons. The smallest absolute Gasteiger partial charge is 0.244 e. The van der Waals surface area contributed by atoms with E-state index in [1.807, 2.05) is 0 Å². The van der Waals surface area contributed by atoms with Gasteiger partial charge in [0.2, 0.25) is 50.1 Å². The van der Waals surface area contributed by atoms with Gasteiger partial charge in [0.05, 0.1) is 46.0 Å². The molecule has 7 aromatic carbocycles. The molecule has 127 heavy (non-hydrogen) atoms. The van der Waals surface area contributed by atoms with E-state index in [9.17, 15) is 138 Å². The van der Waals surface area contributed by atoms with Gasteiger partial charge < -0.3 is 15.5 Å². The topological polar surface area (TPSA) is 456 Å². The minimum Gasteiger partial charge on any atom is -0.396 e. The van der Waals surface area contributed by atoms with E-state index >= 15 is 0 Å². The van der Waals surface area contributed by atoms with Crippen LogP contribution in [0.15, 0.2) is 110 Å². The van der Waals surface area contributed by atoms with Gasteiger partial charge in [-0.2, -0.15) is 0 Å². The number of sulfone groups is 3. The number of sulfonamides is 5. The molecule has 0 spiro atoms. The fourth-order valence-corrected chi connectivity index (χ4v) is 23.2. The Labute approximate surface area is 735 Å². The molecule has 0 bridgehead atoms. The van der Waals surface area contributed by atoms with Crippen molar-refractivity contribution in [1.29, 1.82) is 0 Å². The van der Waals surface area contributed by atoms with E-state index < -0.39 is 273 Å². The summed E-state index contributed by atoms with van der Waals surface area (Å²) in [5.74, 6) is -31.6. The number of aryl methyl sites for hydroxylation is 2. The van der Waals surface area contributed by atoms with Gasteiger partial charge in [-0.05, 0) is 79.6 Å². The highest BCUT2D eigenvalue weighted by Gasteiger charge is 2.42. The SMILES string of the molecule is CC(C)(C)Cc1c(F)c(S(N)(=O)=O)c(F)c(F)c1S(=O)(=O)CCc1ccccc1.CCCSc1c(F)c(F)c(S(N)(=O)=O)c(F)c1F.CCc1c(F)c(S(N)(=O)=O)c(F)c(F)c1S(=O)(=O)CCc1ccccc1.NS(=O)(=O)c1c(F)c(F)c(S(=O)(=O)CCO)c(CC2CCCCCCC2)c1F.NS(=O)(=O)c1c(F)c(F)c(SCCO)c(F)c1NC1CCCCCCC1. The Morgan fingerprint density at radius 1 is 0.354 bits per heavy atom. The second-order valence-corrected chi connectivity index (χ2v) is 46.0. The highest BCUT2D eigenvalue weighted by Crippen LogP contribution is 2.42. The summed E-state index contributed by atoms with van der Waals surface area (Å²) in [6, 6.07) is 16.6. The monoisotopic (exact) mass is 2010 g/mol. The lowest BCUT2D eigenvalue weighted by Gasteiger charge is -2.24. The summed E-state index contributed by atoms with van der Waals surface area (Å²) in [4.78, 5) is -13.1. The summed E-state index contributed by atoms with van der Waals surface area (Å²) in [7, 11) is -37.9. The maximum absolute atomic E-state index is 15.0. The van der Waals surface area contributed by atoms with E-state index in [4.69, 9.17) is 30.8 Å².